The van der Waals surface area contributed by atoms with Crippen molar-refractivity contribution in [3.8, 4) is 11.6 Å². The lowest BCUT2D eigenvalue weighted by atomic mass is 10.1. The van der Waals surface area contributed by atoms with Crippen molar-refractivity contribution in [2.24, 2.45) is 0 Å². The number of hydrogen-bond donors (Lipinski definition) is 1. The van der Waals surface area contributed by atoms with Crippen LogP contribution in [0.25, 0.3) is 5.69 Å². The zero-order chi connectivity index (χ0) is 17.6. The summed E-state index contributed by atoms with van der Waals surface area (Å²) < 4.78 is 7.36. The van der Waals surface area contributed by atoms with E-state index in [4.69, 9.17) is 4.74 Å². The summed E-state index contributed by atoms with van der Waals surface area (Å²) in [6.07, 6.45) is 1.19. The van der Waals surface area contributed by atoms with E-state index >= 15 is 0 Å². The molecule has 0 saturated carbocycles. The summed E-state index contributed by atoms with van der Waals surface area (Å²) in [5, 5.41) is 7.22. The summed E-state index contributed by atoms with van der Waals surface area (Å²) in [5.74, 6) is 0.247. The van der Waals surface area contributed by atoms with E-state index in [-0.39, 0.29) is 5.91 Å². The lowest BCUT2D eigenvalue weighted by molar-refractivity contribution is -0.127. The van der Waals surface area contributed by atoms with Gasteiger partial charge in [-0.3, -0.25) is 4.79 Å². The second-order valence-electron chi connectivity index (χ2n) is 5.90. The molecule has 5 heteroatoms. The molecule has 25 heavy (non-hydrogen) atoms. The Bertz CT molecular complexity index is 826. The summed E-state index contributed by atoms with van der Waals surface area (Å²) in [6.45, 7) is 4.23. The quantitative estimate of drug-likeness (QED) is 0.752. The molecule has 0 radical (unpaired) electrons. The van der Waals surface area contributed by atoms with Crippen molar-refractivity contribution >= 4 is 5.91 Å². The summed E-state index contributed by atoms with van der Waals surface area (Å²) in [6, 6.07) is 19.5. The lowest BCUT2D eigenvalue weighted by Crippen LogP contribution is -2.36. The summed E-state index contributed by atoms with van der Waals surface area (Å²) >= 11 is 0. The number of benzene rings is 2. The van der Waals surface area contributed by atoms with Gasteiger partial charge < -0.3 is 10.1 Å². The number of aromatic nitrogens is 2. The predicted molar refractivity (Wildman–Crippen MR) is 96.7 cm³/mol. The molecule has 0 aliphatic rings. The van der Waals surface area contributed by atoms with E-state index in [1.807, 2.05) is 67.7 Å². The topological polar surface area (TPSA) is 56.1 Å². The number of nitrogens with zero attached hydrogens (tertiary/aromatic N) is 2. The number of carbonyl (C=O) groups excluding carboxylic acids is 1. The number of amides is 1. The van der Waals surface area contributed by atoms with Crippen LogP contribution >= 0.6 is 0 Å². The smallest absolute Gasteiger partial charge is 0.261 e. The van der Waals surface area contributed by atoms with Crippen molar-refractivity contribution in [1.82, 2.24) is 15.1 Å². The van der Waals surface area contributed by atoms with Gasteiger partial charge in [0, 0.05) is 18.8 Å². The minimum Gasteiger partial charge on any atom is -0.463 e. The van der Waals surface area contributed by atoms with Gasteiger partial charge >= 0.3 is 0 Å². The average Bonchev–Trinajstić information content (AvgIpc) is 3.10. The van der Waals surface area contributed by atoms with Crippen molar-refractivity contribution in [1.29, 1.82) is 0 Å². The Kier molecular flexibility index (Phi) is 5.14. The van der Waals surface area contributed by atoms with Gasteiger partial charge in [0.15, 0.2) is 6.10 Å². The number of para-hydroxylation sites is 1. The van der Waals surface area contributed by atoms with Gasteiger partial charge in [-0.2, -0.15) is 0 Å². The molecule has 0 bridgehead atoms. The fraction of sp³-hybridized carbons (Fsp3) is 0.200. The van der Waals surface area contributed by atoms with E-state index in [0.29, 0.717) is 12.4 Å². The first-order chi connectivity index (χ1) is 12.1. The number of ether oxygens (including phenoxy) is 1. The summed E-state index contributed by atoms with van der Waals surface area (Å²) in [7, 11) is 0. The van der Waals surface area contributed by atoms with Crippen molar-refractivity contribution < 1.29 is 9.53 Å². The molecular formula is C20H21N3O2. The third kappa shape index (κ3) is 4.47. The maximum absolute atomic E-state index is 12.2. The third-order valence-corrected chi connectivity index (χ3v) is 3.84. The Balaban J connectivity index is 1.54. The largest absolute Gasteiger partial charge is 0.463 e. The van der Waals surface area contributed by atoms with Gasteiger partial charge in [0.2, 0.25) is 5.88 Å². The molecule has 0 spiro atoms. The van der Waals surface area contributed by atoms with Crippen LogP contribution in [0.15, 0.2) is 66.9 Å². The van der Waals surface area contributed by atoms with E-state index in [9.17, 15) is 4.79 Å². The first-order valence-corrected chi connectivity index (χ1v) is 8.23. The van der Waals surface area contributed by atoms with Crippen LogP contribution in [0.1, 0.15) is 18.1 Å². The van der Waals surface area contributed by atoms with Crippen LogP contribution < -0.4 is 10.1 Å². The van der Waals surface area contributed by atoms with E-state index in [2.05, 4.69) is 10.4 Å². The molecule has 1 N–H and O–H groups in total. The van der Waals surface area contributed by atoms with Crippen LogP contribution in [-0.4, -0.2) is 21.8 Å². The molecule has 0 unspecified atom stereocenters. The van der Waals surface area contributed by atoms with Crippen molar-refractivity contribution in [3.63, 3.8) is 0 Å². The van der Waals surface area contributed by atoms with Gasteiger partial charge in [-0.05, 0) is 31.5 Å². The van der Waals surface area contributed by atoms with Crippen molar-refractivity contribution in [2.75, 3.05) is 0 Å². The van der Waals surface area contributed by atoms with E-state index in [1.165, 1.54) is 5.56 Å². The Hall–Kier alpha value is -3.08. The molecule has 1 amide bonds. The molecule has 2 aromatic carbocycles. The zero-order valence-electron chi connectivity index (χ0n) is 14.3. The fourth-order valence-electron chi connectivity index (χ4n) is 2.37. The van der Waals surface area contributed by atoms with Crippen molar-refractivity contribution in [3.05, 3.63) is 78.0 Å². The number of rotatable bonds is 6. The predicted octanol–water partition coefficient (Wildman–Crippen LogP) is 3.26. The first-order valence-electron chi connectivity index (χ1n) is 8.23. The molecule has 0 aliphatic heterocycles. The molecule has 128 valence electrons. The number of aryl methyl sites for hydroxylation is 1. The molecule has 0 saturated heterocycles. The summed E-state index contributed by atoms with van der Waals surface area (Å²) in [4.78, 5) is 12.2. The highest BCUT2D eigenvalue weighted by Gasteiger charge is 2.15. The van der Waals surface area contributed by atoms with E-state index in [1.54, 1.807) is 17.7 Å². The lowest BCUT2D eigenvalue weighted by Gasteiger charge is -2.13. The first kappa shape index (κ1) is 16.8. The molecule has 1 aromatic heterocycles. The van der Waals surface area contributed by atoms with Crippen LogP contribution in [0.2, 0.25) is 0 Å². The summed E-state index contributed by atoms with van der Waals surface area (Å²) in [5.41, 5.74) is 3.19. The van der Waals surface area contributed by atoms with Gasteiger partial charge in [-0.1, -0.05) is 48.0 Å². The molecule has 1 atom stereocenters. The zero-order valence-corrected chi connectivity index (χ0v) is 14.3. The standard InChI is InChI=1S/C20H21N3O2/c1-15-8-10-17(11-9-15)14-21-20(24)16(2)25-19-12-13-23(22-19)18-6-4-3-5-7-18/h3-13,16H,14H2,1-2H3,(H,21,24)/t16-/m0/s1. The maximum Gasteiger partial charge on any atom is 0.261 e. The number of carbonyl (C=O) groups is 1. The van der Waals surface area contributed by atoms with Crippen LogP contribution in [-0.2, 0) is 11.3 Å². The van der Waals surface area contributed by atoms with Gasteiger partial charge in [0.1, 0.15) is 0 Å². The Labute approximate surface area is 147 Å². The second-order valence-corrected chi connectivity index (χ2v) is 5.90. The van der Waals surface area contributed by atoms with Gasteiger partial charge in [-0.15, -0.1) is 5.10 Å². The molecule has 5 nitrogen and oxygen atoms in total. The SMILES string of the molecule is Cc1ccc(CNC(=O)[C@H](C)Oc2ccn(-c3ccccc3)n2)cc1. The fourth-order valence-corrected chi connectivity index (χ4v) is 2.37. The van der Waals surface area contributed by atoms with Crippen LogP contribution in [0, 0.1) is 6.92 Å². The van der Waals surface area contributed by atoms with Crippen molar-refractivity contribution in [2.45, 2.75) is 26.5 Å². The maximum atomic E-state index is 12.2. The molecule has 3 aromatic rings. The van der Waals surface area contributed by atoms with Crippen LogP contribution in [0.4, 0.5) is 0 Å². The van der Waals surface area contributed by atoms with Gasteiger partial charge in [0.05, 0.1) is 5.69 Å². The normalized spacial score (nSPS) is 11.8. The molecular weight excluding hydrogens is 314 g/mol. The Morgan fingerprint density at radius 3 is 2.56 bits per heavy atom. The Morgan fingerprint density at radius 2 is 1.84 bits per heavy atom. The highest BCUT2D eigenvalue weighted by molar-refractivity contribution is 5.80. The molecule has 0 fully saturated rings. The second kappa shape index (κ2) is 7.66. The number of hydrogen-bond acceptors (Lipinski definition) is 3. The van der Waals surface area contributed by atoms with Crippen LogP contribution in [0.5, 0.6) is 5.88 Å². The molecule has 3 rings (SSSR count). The third-order valence-electron chi connectivity index (χ3n) is 3.84. The molecule has 1 heterocycles. The highest BCUT2D eigenvalue weighted by atomic mass is 16.5. The van der Waals surface area contributed by atoms with E-state index in [0.717, 1.165) is 11.3 Å². The van der Waals surface area contributed by atoms with E-state index < -0.39 is 6.10 Å². The van der Waals surface area contributed by atoms with Crippen LogP contribution in [0.3, 0.4) is 0 Å². The minimum atomic E-state index is -0.621. The van der Waals surface area contributed by atoms with Gasteiger partial charge in [0.25, 0.3) is 5.91 Å². The number of nitrogens with one attached hydrogen (secondary N) is 1. The minimum absolute atomic E-state index is 0.171. The Morgan fingerprint density at radius 1 is 1.12 bits per heavy atom. The highest BCUT2D eigenvalue weighted by Crippen LogP contribution is 2.13. The monoisotopic (exact) mass is 335 g/mol. The average molecular weight is 335 g/mol. The molecule has 0 aliphatic carbocycles. The van der Waals surface area contributed by atoms with Gasteiger partial charge in [-0.25, -0.2) is 4.68 Å².